The smallest absolute Gasteiger partial charge is 0.162 e. The first-order valence-corrected chi connectivity index (χ1v) is 6.98. The molecule has 98 valence electrons. The summed E-state index contributed by atoms with van der Waals surface area (Å²) >= 11 is 1.64. The van der Waals surface area contributed by atoms with Gasteiger partial charge >= 0.3 is 0 Å². The number of aryl methyl sites for hydroxylation is 1. The van der Waals surface area contributed by atoms with Gasteiger partial charge in [0.15, 0.2) is 11.5 Å². The number of benzene rings is 2. The molecule has 2 aromatic rings. The van der Waals surface area contributed by atoms with E-state index in [1.54, 1.807) is 11.8 Å². The molecule has 0 spiro atoms. The third-order valence-corrected chi connectivity index (χ3v) is 3.97. The van der Waals surface area contributed by atoms with Crippen molar-refractivity contribution in [3.63, 3.8) is 0 Å². The monoisotopic (exact) mass is 273 g/mol. The second-order valence-corrected chi connectivity index (χ2v) is 5.56. The summed E-state index contributed by atoms with van der Waals surface area (Å²) in [7, 11) is 0. The molecule has 0 fully saturated rings. The van der Waals surface area contributed by atoms with E-state index in [-0.39, 0.29) is 0 Å². The Balaban J connectivity index is 1.89. The molecule has 0 saturated heterocycles. The van der Waals surface area contributed by atoms with E-state index >= 15 is 0 Å². The highest BCUT2D eigenvalue weighted by molar-refractivity contribution is 7.99. The molecular formula is C15H15NO2S. The molecular weight excluding hydrogens is 258 g/mol. The van der Waals surface area contributed by atoms with Crippen molar-refractivity contribution >= 4 is 17.4 Å². The molecule has 2 aromatic carbocycles. The van der Waals surface area contributed by atoms with E-state index in [1.807, 2.05) is 30.3 Å². The van der Waals surface area contributed by atoms with E-state index in [0.717, 1.165) is 27.0 Å². The molecule has 1 aliphatic rings. The average molecular weight is 273 g/mol. The van der Waals surface area contributed by atoms with Gasteiger partial charge in [0.2, 0.25) is 0 Å². The maximum atomic E-state index is 6.00. The summed E-state index contributed by atoms with van der Waals surface area (Å²) in [5.41, 5.74) is 8.00. The molecule has 0 amide bonds. The maximum Gasteiger partial charge on any atom is 0.162 e. The number of ether oxygens (including phenoxy) is 2. The van der Waals surface area contributed by atoms with E-state index < -0.39 is 0 Å². The van der Waals surface area contributed by atoms with Crippen LogP contribution in [0.5, 0.6) is 11.5 Å². The Morgan fingerprint density at radius 1 is 1.00 bits per heavy atom. The Kier molecular flexibility index (Phi) is 3.25. The summed E-state index contributed by atoms with van der Waals surface area (Å²) in [6, 6.07) is 12.0. The Morgan fingerprint density at radius 2 is 1.79 bits per heavy atom. The van der Waals surface area contributed by atoms with E-state index in [9.17, 15) is 0 Å². The highest BCUT2D eigenvalue weighted by atomic mass is 32.2. The van der Waals surface area contributed by atoms with Gasteiger partial charge in [0, 0.05) is 15.5 Å². The number of hydrogen-bond acceptors (Lipinski definition) is 4. The van der Waals surface area contributed by atoms with Crippen LogP contribution in [-0.2, 0) is 0 Å². The summed E-state index contributed by atoms with van der Waals surface area (Å²) in [6.45, 7) is 3.28. The summed E-state index contributed by atoms with van der Waals surface area (Å²) in [5.74, 6) is 1.62. The topological polar surface area (TPSA) is 44.5 Å². The summed E-state index contributed by atoms with van der Waals surface area (Å²) in [4.78, 5) is 2.17. The molecule has 0 radical (unpaired) electrons. The molecule has 1 aliphatic heterocycles. The lowest BCUT2D eigenvalue weighted by atomic mass is 10.2. The minimum atomic E-state index is 0.605. The fourth-order valence-electron chi connectivity index (χ4n) is 1.94. The highest BCUT2D eigenvalue weighted by Crippen LogP contribution is 2.38. The van der Waals surface area contributed by atoms with Crippen LogP contribution in [0.3, 0.4) is 0 Å². The standard InChI is InChI=1S/C15H15NO2S/c1-10-2-4-12(16)15(8-10)19-11-3-5-13-14(9-11)18-7-6-17-13/h2-5,8-9H,6-7,16H2,1H3. The van der Waals surface area contributed by atoms with Crippen molar-refractivity contribution in [2.75, 3.05) is 18.9 Å². The maximum absolute atomic E-state index is 6.00. The van der Waals surface area contributed by atoms with Crippen molar-refractivity contribution in [3.8, 4) is 11.5 Å². The zero-order valence-electron chi connectivity index (χ0n) is 10.7. The van der Waals surface area contributed by atoms with Crippen LogP contribution in [0.15, 0.2) is 46.2 Å². The molecule has 0 atom stereocenters. The van der Waals surface area contributed by atoms with Crippen LogP contribution in [-0.4, -0.2) is 13.2 Å². The number of fused-ring (bicyclic) bond motifs is 1. The molecule has 1 heterocycles. The zero-order chi connectivity index (χ0) is 13.2. The first-order chi connectivity index (χ1) is 9.22. The number of hydrogen-bond donors (Lipinski definition) is 1. The van der Waals surface area contributed by atoms with Crippen molar-refractivity contribution in [2.24, 2.45) is 0 Å². The van der Waals surface area contributed by atoms with Crippen LogP contribution in [0.1, 0.15) is 5.56 Å². The van der Waals surface area contributed by atoms with Crippen LogP contribution < -0.4 is 15.2 Å². The van der Waals surface area contributed by atoms with E-state index in [4.69, 9.17) is 15.2 Å². The molecule has 0 aromatic heterocycles. The Hall–Kier alpha value is -1.81. The first-order valence-electron chi connectivity index (χ1n) is 6.16. The lowest BCUT2D eigenvalue weighted by Gasteiger charge is -2.18. The van der Waals surface area contributed by atoms with Gasteiger partial charge < -0.3 is 15.2 Å². The molecule has 0 bridgehead atoms. The Bertz CT molecular complexity index is 613. The zero-order valence-corrected chi connectivity index (χ0v) is 11.5. The number of anilines is 1. The van der Waals surface area contributed by atoms with E-state index in [2.05, 4.69) is 13.0 Å². The van der Waals surface area contributed by atoms with Gasteiger partial charge in [0.05, 0.1) is 0 Å². The van der Waals surface area contributed by atoms with Crippen LogP contribution >= 0.6 is 11.8 Å². The molecule has 19 heavy (non-hydrogen) atoms. The molecule has 0 unspecified atom stereocenters. The molecule has 4 heteroatoms. The quantitative estimate of drug-likeness (QED) is 0.851. The normalized spacial score (nSPS) is 13.3. The SMILES string of the molecule is Cc1ccc(N)c(Sc2ccc3c(c2)OCCO3)c1. The van der Waals surface area contributed by atoms with Crippen LogP contribution in [0, 0.1) is 6.92 Å². The molecule has 0 saturated carbocycles. The third kappa shape index (κ3) is 2.63. The Labute approximate surface area is 116 Å². The average Bonchev–Trinajstić information content (AvgIpc) is 2.43. The van der Waals surface area contributed by atoms with Crippen LogP contribution in [0.2, 0.25) is 0 Å². The number of nitrogens with two attached hydrogens (primary N) is 1. The first kappa shape index (κ1) is 12.2. The summed E-state index contributed by atoms with van der Waals surface area (Å²) < 4.78 is 11.1. The van der Waals surface area contributed by atoms with Crippen LogP contribution in [0.4, 0.5) is 5.69 Å². The third-order valence-electron chi connectivity index (χ3n) is 2.91. The summed E-state index contributed by atoms with van der Waals surface area (Å²) in [6.07, 6.45) is 0. The van der Waals surface area contributed by atoms with Gasteiger partial charge in [-0.25, -0.2) is 0 Å². The van der Waals surface area contributed by atoms with E-state index in [1.165, 1.54) is 5.56 Å². The number of rotatable bonds is 2. The van der Waals surface area contributed by atoms with Gasteiger partial charge in [-0.2, -0.15) is 0 Å². The van der Waals surface area contributed by atoms with Gasteiger partial charge in [-0.15, -0.1) is 0 Å². The van der Waals surface area contributed by atoms with E-state index in [0.29, 0.717) is 13.2 Å². The number of nitrogen functional groups attached to an aromatic ring is 1. The minimum absolute atomic E-state index is 0.605. The summed E-state index contributed by atoms with van der Waals surface area (Å²) in [5, 5.41) is 0. The predicted octanol–water partition coefficient (Wildman–Crippen LogP) is 3.50. The van der Waals surface area contributed by atoms with Gasteiger partial charge in [0.1, 0.15) is 13.2 Å². The molecule has 3 nitrogen and oxygen atoms in total. The van der Waals surface area contributed by atoms with Crippen molar-refractivity contribution in [2.45, 2.75) is 16.7 Å². The molecule has 0 aliphatic carbocycles. The molecule has 3 rings (SSSR count). The van der Waals surface area contributed by atoms with Gasteiger partial charge in [-0.3, -0.25) is 0 Å². The Morgan fingerprint density at radius 3 is 2.63 bits per heavy atom. The van der Waals surface area contributed by atoms with Gasteiger partial charge in [0.25, 0.3) is 0 Å². The predicted molar refractivity (Wildman–Crippen MR) is 77.1 cm³/mol. The lowest BCUT2D eigenvalue weighted by Crippen LogP contribution is -2.15. The van der Waals surface area contributed by atoms with Crippen molar-refractivity contribution in [1.29, 1.82) is 0 Å². The fourth-order valence-corrected chi connectivity index (χ4v) is 2.93. The highest BCUT2D eigenvalue weighted by Gasteiger charge is 2.12. The van der Waals surface area contributed by atoms with Crippen molar-refractivity contribution in [3.05, 3.63) is 42.0 Å². The largest absolute Gasteiger partial charge is 0.486 e. The second kappa shape index (κ2) is 5.05. The van der Waals surface area contributed by atoms with Crippen LogP contribution in [0.25, 0.3) is 0 Å². The molecule has 2 N–H and O–H groups in total. The van der Waals surface area contributed by atoms with Crippen molar-refractivity contribution < 1.29 is 9.47 Å². The lowest BCUT2D eigenvalue weighted by molar-refractivity contribution is 0.171. The second-order valence-electron chi connectivity index (χ2n) is 4.45. The van der Waals surface area contributed by atoms with Crippen molar-refractivity contribution in [1.82, 2.24) is 0 Å². The fraction of sp³-hybridized carbons (Fsp3) is 0.200. The minimum Gasteiger partial charge on any atom is -0.486 e. The van der Waals surface area contributed by atoms with Gasteiger partial charge in [-0.1, -0.05) is 17.8 Å². The van der Waals surface area contributed by atoms with Gasteiger partial charge in [-0.05, 0) is 42.8 Å².